The standard InChI is InChI=1S/C21H23ClF3NO2.C21H21ClF3NO2.CH4O.B.Na.H/c2*22-18-7-3-16(4-8-18)20(27)13-26-11-1-2-15(12-26)14-28-19-9-5-17(6-10-19)21(23,24)25;1-2;;;/h3-10,15,20,27H,1-2,11-14H2;3-10,15H,1-2,11-14H2;2H,1H3;;;/q;;;;+1;-1. The molecule has 0 spiro atoms. The fourth-order valence-corrected chi connectivity index (χ4v) is 7.01. The smallest absolute Gasteiger partial charge is 1.00 e. The zero-order valence-electron chi connectivity index (χ0n) is 34.6. The van der Waals surface area contributed by atoms with Crippen molar-refractivity contribution in [2.24, 2.45) is 11.8 Å². The first-order valence-corrected chi connectivity index (χ1v) is 19.6. The number of ketones is 1. The predicted octanol–water partition coefficient (Wildman–Crippen LogP) is 6.86. The Morgan fingerprint density at radius 3 is 1.53 bits per heavy atom. The maximum atomic E-state index is 12.6. The largest absolute Gasteiger partial charge is 1.00 e. The first-order chi connectivity index (χ1) is 27.6. The number of piperidine rings is 2. The van der Waals surface area contributed by atoms with Crippen LogP contribution in [0.5, 0.6) is 11.5 Å². The molecule has 2 saturated heterocycles. The van der Waals surface area contributed by atoms with Crippen LogP contribution in [-0.2, 0) is 12.4 Å². The van der Waals surface area contributed by atoms with Gasteiger partial charge < -0.3 is 26.0 Å². The average Bonchev–Trinajstić information content (AvgIpc) is 3.21. The van der Waals surface area contributed by atoms with Crippen molar-refractivity contribution in [2.45, 2.75) is 44.1 Å². The Labute approximate surface area is 383 Å². The van der Waals surface area contributed by atoms with Crippen LogP contribution < -0.4 is 39.0 Å². The summed E-state index contributed by atoms with van der Waals surface area (Å²) in [6, 6.07) is 23.5. The molecule has 321 valence electrons. The summed E-state index contributed by atoms with van der Waals surface area (Å²) in [5, 5.41) is 18.7. The van der Waals surface area contributed by atoms with E-state index >= 15 is 0 Å². The molecule has 7 nitrogen and oxygen atoms in total. The summed E-state index contributed by atoms with van der Waals surface area (Å²) in [6.07, 6.45) is -5.37. The van der Waals surface area contributed by atoms with E-state index in [-0.39, 0.29) is 57.0 Å². The van der Waals surface area contributed by atoms with Gasteiger partial charge in [-0.1, -0.05) is 35.3 Å². The molecule has 0 bridgehead atoms. The predicted molar refractivity (Wildman–Crippen MR) is 219 cm³/mol. The van der Waals surface area contributed by atoms with Crippen LogP contribution >= 0.6 is 23.2 Å². The number of aliphatic hydroxyl groups is 2. The molecule has 2 aliphatic heterocycles. The molecular weight excluding hydrogens is 843 g/mol. The summed E-state index contributed by atoms with van der Waals surface area (Å²) in [7, 11) is 1.00. The van der Waals surface area contributed by atoms with Crippen LogP contribution in [0.25, 0.3) is 0 Å². The van der Waals surface area contributed by atoms with Gasteiger partial charge in [-0.25, -0.2) is 0 Å². The van der Waals surface area contributed by atoms with Crippen molar-refractivity contribution in [1.29, 1.82) is 0 Å². The average molecular weight is 893 g/mol. The van der Waals surface area contributed by atoms with E-state index in [9.17, 15) is 36.2 Å². The Morgan fingerprint density at radius 2 is 1.10 bits per heavy atom. The van der Waals surface area contributed by atoms with Crippen LogP contribution in [0.2, 0.25) is 10.0 Å². The Bertz CT molecular complexity index is 1830. The third-order valence-electron chi connectivity index (χ3n) is 9.76. The Hall–Kier alpha value is -2.79. The molecule has 0 saturated carbocycles. The van der Waals surface area contributed by atoms with Gasteiger partial charge in [0.15, 0.2) is 5.78 Å². The number of Topliss-reactive ketones (excluding diaryl/α,β-unsaturated/α-hetero) is 1. The fourth-order valence-electron chi connectivity index (χ4n) is 6.76. The van der Waals surface area contributed by atoms with Gasteiger partial charge in [-0.3, -0.25) is 9.69 Å². The number of hydrogen-bond donors (Lipinski definition) is 2. The molecule has 6 rings (SSSR count). The number of carbonyl (C=O) groups is 1. The van der Waals surface area contributed by atoms with Crippen LogP contribution in [0, 0.1) is 11.8 Å². The number of nitrogens with zero attached hydrogens (tertiary/aromatic N) is 2. The number of alkyl halides is 6. The van der Waals surface area contributed by atoms with Crippen LogP contribution in [-0.4, -0.2) is 93.8 Å². The van der Waals surface area contributed by atoms with Crippen molar-refractivity contribution in [1.82, 2.24) is 9.80 Å². The monoisotopic (exact) mass is 891 g/mol. The van der Waals surface area contributed by atoms with E-state index in [2.05, 4.69) is 9.80 Å². The number of β-amino-alcohol motifs (C(OH)–C–C–N with tert-alkyl or cyclic N) is 1. The van der Waals surface area contributed by atoms with Gasteiger partial charge in [-0.15, -0.1) is 0 Å². The molecule has 2 fully saturated rings. The molecule has 4 aromatic carbocycles. The number of aliphatic hydroxyl groups excluding tert-OH is 2. The minimum absolute atomic E-state index is 0. The van der Waals surface area contributed by atoms with E-state index in [1.807, 2.05) is 12.1 Å². The molecule has 3 atom stereocenters. The summed E-state index contributed by atoms with van der Waals surface area (Å²) < 4.78 is 87.0. The summed E-state index contributed by atoms with van der Waals surface area (Å²) in [5.41, 5.74) is 0.0873. The van der Waals surface area contributed by atoms with Crippen molar-refractivity contribution in [3.63, 3.8) is 0 Å². The van der Waals surface area contributed by atoms with Gasteiger partial charge in [-0.05, 0) is 129 Å². The second kappa shape index (κ2) is 26.0. The van der Waals surface area contributed by atoms with E-state index in [0.29, 0.717) is 53.4 Å². The van der Waals surface area contributed by atoms with Crippen LogP contribution in [0.3, 0.4) is 0 Å². The summed E-state index contributed by atoms with van der Waals surface area (Å²) in [4.78, 5) is 16.7. The van der Waals surface area contributed by atoms with Crippen LogP contribution in [0.15, 0.2) is 97.1 Å². The number of hydrogen-bond acceptors (Lipinski definition) is 7. The van der Waals surface area contributed by atoms with E-state index in [0.717, 1.165) is 88.8 Å². The number of likely N-dealkylation sites (tertiary alicyclic amines) is 2. The minimum atomic E-state index is -4.35. The van der Waals surface area contributed by atoms with E-state index in [4.69, 9.17) is 37.8 Å². The van der Waals surface area contributed by atoms with Gasteiger partial charge in [0.25, 0.3) is 0 Å². The van der Waals surface area contributed by atoms with Gasteiger partial charge in [-0.2, -0.15) is 26.3 Å². The zero-order chi connectivity index (χ0) is 42.3. The molecule has 2 heterocycles. The second-order valence-corrected chi connectivity index (χ2v) is 15.0. The molecule has 4 aromatic rings. The molecule has 0 amide bonds. The quantitative estimate of drug-likeness (QED) is 0.0915. The van der Waals surface area contributed by atoms with Gasteiger partial charge in [0, 0.05) is 62.6 Å². The van der Waals surface area contributed by atoms with Crippen molar-refractivity contribution in [3.8, 4) is 11.5 Å². The van der Waals surface area contributed by atoms with E-state index in [1.165, 1.54) is 24.3 Å². The molecule has 0 aromatic heterocycles. The van der Waals surface area contributed by atoms with Gasteiger partial charge >= 0.3 is 41.9 Å². The van der Waals surface area contributed by atoms with Crippen molar-refractivity contribution in [2.75, 3.05) is 59.6 Å². The maximum Gasteiger partial charge on any atom is 1.00 e. The van der Waals surface area contributed by atoms with Crippen molar-refractivity contribution >= 4 is 37.4 Å². The molecule has 3 radical (unpaired) electrons. The Balaban J connectivity index is 0.000000560. The summed E-state index contributed by atoms with van der Waals surface area (Å²) in [6.45, 7) is 4.97. The Kier molecular flexibility index (Phi) is 23.1. The summed E-state index contributed by atoms with van der Waals surface area (Å²) in [5.74, 6) is 1.40. The van der Waals surface area contributed by atoms with Crippen LogP contribution in [0.1, 0.15) is 60.3 Å². The van der Waals surface area contributed by atoms with Crippen molar-refractivity contribution < 1.29 is 81.8 Å². The Morgan fingerprint density at radius 1 is 0.700 bits per heavy atom. The normalized spacial score (nSPS) is 17.6. The molecule has 3 unspecified atom stereocenters. The SMILES string of the molecule is CO.O=C(CN1CCCC(COc2ccc(C(F)(F)F)cc2)C1)c1ccc(Cl)cc1.OC(CN1CCCC(COc2ccc(C(F)(F)F)cc2)C1)c1ccc(Cl)cc1.[B].[H-].[Na+]. The maximum absolute atomic E-state index is 12.6. The van der Waals surface area contributed by atoms with Gasteiger partial charge in [0.1, 0.15) is 11.5 Å². The molecule has 0 aliphatic carbocycles. The first kappa shape index (κ1) is 53.4. The second-order valence-electron chi connectivity index (χ2n) is 14.2. The topological polar surface area (TPSA) is 82.5 Å². The molecule has 17 heteroatoms. The number of ether oxygens (including phenoxy) is 2. The number of rotatable bonds is 12. The first-order valence-electron chi connectivity index (χ1n) is 18.8. The van der Waals surface area contributed by atoms with Gasteiger partial charge in [0.2, 0.25) is 0 Å². The van der Waals surface area contributed by atoms with E-state index in [1.54, 1.807) is 36.4 Å². The third kappa shape index (κ3) is 17.9. The molecular formula is C43H49BCl2F6N2NaO5. The molecule has 2 N–H and O–H groups in total. The number of halogens is 8. The minimum Gasteiger partial charge on any atom is -1.00 e. The van der Waals surface area contributed by atoms with Gasteiger partial charge in [0.05, 0.1) is 37.0 Å². The van der Waals surface area contributed by atoms with E-state index < -0.39 is 29.6 Å². The molecule has 2 aliphatic rings. The van der Waals surface area contributed by atoms with Crippen LogP contribution in [0.4, 0.5) is 26.3 Å². The fraction of sp³-hybridized carbons (Fsp3) is 0.419. The van der Waals surface area contributed by atoms with Crippen molar-refractivity contribution in [3.05, 3.63) is 129 Å². The third-order valence-corrected chi connectivity index (χ3v) is 10.3. The molecule has 60 heavy (non-hydrogen) atoms. The summed E-state index contributed by atoms with van der Waals surface area (Å²) >= 11 is 11.7. The number of carbonyl (C=O) groups excluding carboxylic acids is 1. The number of benzene rings is 4. The zero-order valence-corrected chi connectivity index (χ0v) is 37.1.